The van der Waals surface area contributed by atoms with Crippen molar-refractivity contribution in [2.45, 2.75) is 12.6 Å². The van der Waals surface area contributed by atoms with E-state index in [1.807, 2.05) is 25.5 Å². The Labute approximate surface area is 106 Å². The Hall–Kier alpha value is -1.66. The van der Waals surface area contributed by atoms with Gasteiger partial charge in [-0.05, 0) is 0 Å². The summed E-state index contributed by atoms with van der Waals surface area (Å²) in [6.45, 7) is 3.71. The van der Waals surface area contributed by atoms with Crippen molar-refractivity contribution in [3.8, 4) is 0 Å². The maximum Gasteiger partial charge on any atom is 0.127 e. The van der Waals surface area contributed by atoms with Crippen molar-refractivity contribution in [3.63, 3.8) is 0 Å². The average molecular weight is 247 g/mol. The Morgan fingerprint density at radius 2 is 2.50 bits per heavy atom. The molecule has 18 heavy (non-hydrogen) atoms. The first-order valence-electron chi connectivity index (χ1n) is 6.16. The van der Waals surface area contributed by atoms with Gasteiger partial charge in [0.2, 0.25) is 0 Å². The summed E-state index contributed by atoms with van der Waals surface area (Å²) < 4.78 is 6.97. The highest BCUT2D eigenvalue weighted by Gasteiger charge is 2.27. The molecule has 0 spiro atoms. The minimum Gasteiger partial charge on any atom is -0.364 e. The lowest BCUT2D eigenvalue weighted by atomic mass is 10.1. The topological polar surface area (TPSA) is 59.1 Å². The Morgan fingerprint density at radius 3 is 3.22 bits per heavy atom. The highest BCUT2D eigenvalue weighted by molar-refractivity contribution is 5.04. The number of aromatic nitrogens is 3. The van der Waals surface area contributed by atoms with Gasteiger partial charge in [-0.1, -0.05) is 5.16 Å². The van der Waals surface area contributed by atoms with Crippen molar-refractivity contribution in [3.05, 3.63) is 36.2 Å². The lowest BCUT2D eigenvalue weighted by Gasteiger charge is -2.35. The average Bonchev–Trinajstić information content (AvgIpc) is 3.02. The van der Waals surface area contributed by atoms with E-state index in [4.69, 9.17) is 4.52 Å². The van der Waals surface area contributed by atoms with Crippen LogP contribution in [-0.2, 0) is 13.6 Å². The summed E-state index contributed by atoms with van der Waals surface area (Å²) in [7, 11) is 2.03. The molecule has 1 aliphatic heterocycles. The Morgan fingerprint density at radius 1 is 1.56 bits per heavy atom. The molecule has 0 amide bonds. The molecule has 0 aliphatic carbocycles. The van der Waals surface area contributed by atoms with Crippen LogP contribution in [0.15, 0.2) is 29.2 Å². The molecular weight excluding hydrogens is 230 g/mol. The van der Waals surface area contributed by atoms with Crippen LogP contribution in [-0.4, -0.2) is 39.2 Å². The Kier molecular flexibility index (Phi) is 3.12. The standard InChI is InChI=1S/C12H17N5O/c1-16-5-4-14-12(16)11-8-13-3-6-17(11)9-10-2-7-18-15-10/h2,4-5,7,11,13H,3,6,8-9H2,1H3. The molecule has 1 fully saturated rings. The number of rotatable bonds is 3. The van der Waals surface area contributed by atoms with Crippen molar-refractivity contribution < 1.29 is 4.52 Å². The van der Waals surface area contributed by atoms with Gasteiger partial charge in [0.15, 0.2) is 0 Å². The summed E-state index contributed by atoms with van der Waals surface area (Å²) >= 11 is 0. The zero-order valence-corrected chi connectivity index (χ0v) is 10.4. The number of piperazine rings is 1. The fourth-order valence-corrected chi connectivity index (χ4v) is 2.42. The lowest BCUT2D eigenvalue weighted by Crippen LogP contribution is -2.46. The second-order valence-electron chi connectivity index (χ2n) is 4.58. The molecule has 2 aromatic heterocycles. The number of hydrogen-bond acceptors (Lipinski definition) is 5. The van der Waals surface area contributed by atoms with Crippen LogP contribution in [0.2, 0.25) is 0 Å². The third kappa shape index (κ3) is 2.16. The second-order valence-corrected chi connectivity index (χ2v) is 4.58. The predicted molar refractivity (Wildman–Crippen MR) is 65.7 cm³/mol. The van der Waals surface area contributed by atoms with Crippen LogP contribution in [0.25, 0.3) is 0 Å². The number of imidazole rings is 1. The van der Waals surface area contributed by atoms with Crippen LogP contribution >= 0.6 is 0 Å². The van der Waals surface area contributed by atoms with Crippen molar-refractivity contribution in [2.24, 2.45) is 7.05 Å². The van der Waals surface area contributed by atoms with Gasteiger partial charge in [0.05, 0.1) is 11.7 Å². The number of nitrogens with one attached hydrogen (secondary N) is 1. The highest BCUT2D eigenvalue weighted by atomic mass is 16.5. The summed E-state index contributed by atoms with van der Waals surface area (Å²) in [5, 5.41) is 7.41. The van der Waals surface area contributed by atoms with E-state index in [0.29, 0.717) is 0 Å². The van der Waals surface area contributed by atoms with Gasteiger partial charge >= 0.3 is 0 Å². The molecule has 96 valence electrons. The smallest absolute Gasteiger partial charge is 0.127 e. The van der Waals surface area contributed by atoms with E-state index in [9.17, 15) is 0 Å². The van der Waals surface area contributed by atoms with Crippen LogP contribution in [0, 0.1) is 0 Å². The van der Waals surface area contributed by atoms with Crippen LogP contribution < -0.4 is 5.32 Å². The highest BCUT2D eigenvalue weighted by Crippen LogP contribution is 2.22. The third-order valence-corrected chi connectivity index (χ3v) is 3.37. The monoisotopic (exact) mass is 247 g/mol. The van der Waals surface area contributed by atoms with E-state index >= 15 is 0 Å². The maximum absolute atomic E-state index is 4.89. The quantitative estimate of drug-likeness (QED) is 0.858. The van der Waals surface area contributed by atoms with Gasteiger partial charge in [-0.25, -0.2) is 4.98 Å². The third-order valence-electron chi connectivity index (χ3n) is 3.37. The molecule has 1 unspecified atom stereocenters. The zero-order valence-electron chi connectivity index (χ0n) is 10.4. The molecule has 1 aliphatic rings. The fourth-order valence-electron chi connectivity index (χ4n) is 2.42. The molecule has 2 aromatic rings. The van der Waals surface area contributed by atoms with Crippen molar-refractivity contribution in [2.75, 3.05) is 19.6 Å². The minimum absolute atomic E-state index is 0.287. The molecule has 0 aromatic carbocycles. The van der Waals surface area contributed by atoms with Gasteiger partial charge in [-0.15, -0.1) is 0 Å². The second kappa shape index (κ2) is 4.91. The molecule has 6 nitrogen and oxygen atoms in total. The predicted octanol–water partition coefficient (Wildman–Crippen LogP) is 0.555. The van der Waals surface area contributed by atoms with Crippen LogP contribution in [0.1, 0.15) is 17.6 Å². The van der Waals surface area contributed by atoms with Crippen molar-refractivity contribution in [1.82, 2.24) is 24.9 Å². The van der Waals surface area contributed by atoms with E-state index in [1.165, 1.54) is 0 Å². The molecule has 3 rings (SSSR count). The van der Waals surface area contributed by atoms with Crippen molar-refractivity contribution >= 4 is 0 Å². The molecule has 6 heteroatoms. The van der Waals surface area contributed by atoms with Crippen molar-refractivity contribution in [1.29, 1.82) is 0 Å². The maximum atomic E-state index is 4.89. The van der Waals surface area contributed by atoms with Crippen LogP contribution in [0.5, 0.6) is 0 Å². The first-order chi connectivity index (χ1) is 8.84. The van der Waals surface area contributed by atoms with Gasteiger partial charge in [-0.2, -0.15) is 0 Å². The van der Waals surface area contributed by atoms with E-state index in [0.717, 1.165) is 37.7 Å². The van der Waals surface area contributed by atoms with Crippen LogP contribution in [0.3, 0.4) is 0 Å². The molecule has 0 saturated carbocycles. The Bertz CT molecular complexity index is 492. The number of aryl methyl sites for hydroxylation is 1. The summed E-state index contributed by atoms with van der Waals surface area (Å²) in [6, 6.07) is 2.20. The normalized spacial score (nSPS) is 21.3. The largest absolute Gasteiger partial charge is 0.364 e. The van der Waals surface area contributed by atoms with Gasteiger partial charge < -0.3 is 14.4 Å². The summed E-state index contributed by atoms with van der Waals surface area (Å²) in [6.07, 6.45) is 5.45. The molecule has 1 atom stereocenters. The van der Waals surface area contributed by atoms with Gasteiger partial charge in [-0.3, -0.25) is 4.90 Å². The summed E-state index contributed by atoms with van der Waals surface area (Å²) in [5.74, 6) is 1.09. The van der Waals surface area contributed by atoms with Crippen LogP contribution in [0.4, 0.5) is 0 Å². The molecule has 1 saturated heterocycles. The van der Waals surface area contributed by atoms with E-state index in [-0.39, 0.29) is 6.04 Å². The number of hydrogen-bond donors (Lipinski definition) is 1. The van der Waals surface area contributed by atoms with E-state index in [2.05, 4.69) is 24.9 Å². The molecular formula is C12H17N5O. The van der Waals surface area contributed by atoms with Gasteiger partial charge in [0, 0.05) is 51.7 Å². The van der Waals surface area contributed by atoms with E-state index in [1.54, 1.807) is 6.26 Å². The number of nitrogens with zero attached hydrogens (tertiary/aromatic N) is 4. The van der Waals surface area contributed by atoms with Gasteiger partial charge in [0.1, 0.15) is 12.1 Å². The molecule has 1 N–H and O–H groups in total. The summed E-state index contributed by atoms with van der Waals surface area (Å²) in [4.78, 5) is 6.84. The summed E-state index contributed by atoms with van der Waals surface area (Å²) in [5.41, 5.74) is 0.969. The Balaban J connectivity index is 1.80. The molecule has 0 radical (unpaired) electrons. The zero-order chi connectivity index (χ0) is 12.4. The lowest BCUT2D eigenvalue weighted by molar-refractivity contribution is 0.141. The van der Waals surface area contributed by atoms with Gasteiger partial charge in [0.25, 0.3) is 0 Å². The molecule has 0 bridgehead atoms. The SMILES string of the molecule is Cn1ccnc1C1CNCCN1Cc1ccon1. The first kappa shape index (κ1) is 11.4. The van der Waals surface area contributed by atoms with E-state index < -0.39 is 0 Å². The minimum atomic E-state index is 0.287. The molecule has 3 heterocycles. The fraction of sp³-hybridized carbons (Fsp3) is 0.500. The first-order valence-corrected chi connectivity index (χ1v) is 6.16.